The predicted octanol–water partition coefficient (Wildman–Crippen LogP) is 7.24. The molecule has 2 fully saturated rings. The summed E-state index contributed by atoms with van der Waals surface area (Å²) in [5.74, 6) is 0.148. The number of benzene rings is 2. The van der Waals surface area contributed by atoms with Crippen LogP contribution in [-0.4, -0.2) is 109 Å². The van der Waals surface area contributed by atoms with Crippen LogP contribution in [0.3, 0.4) is 0 Å². The summed E-state index contributed by atoms with van der Waals surface area (Å²) >= 11 is 0. The van der Waals surface area contributed by atoms with Gasteiger partial charge < -0.3 is 26.0 Å². The first-order chi connectivity index (χ1) is 32.0. The highest BCUT2D eigenvalue weighted by Gasteiger charge is 2.28. The van der Waals surface area contributed by atoms with Gasteiger partial charge in [-0.1, -0.05) is 36.4 Å². The second-order valence-corrected chi connectivity index (χ2v) is 17.3. The first-order valence-corrected chi connectivity index (χ1v) is 22.9. The zero-order valence-corrected chi connectivity index (χ0v) is 38.9. The third-order valence-corrected chi connectivity index (χ3v) is 12.7. The summed E-state index contributed by atoms with van der Waals surface area (Å²) in [6, 6.07) is 16.9. The average Bonchev–Trinajstić information content (AvgIpc) is 3.99. The van der Waals surface area contributed by atoms with Crippen LogP contribution in [0.5, 0.6) is 0 Å². The highest BCUT2D eigenvalue weighted by atomic mass is 16.5. The number of rotatable bonds is 8. The van der Waals surface area contributed by atoms with Crippen LogP contribution in [0.1, 0.15) is 82.4 Å². The van der Waals surface area contributed by atoms with E-state index in [4.69, 9.17) is 31.3 Å². The van der Waals surface area contributed by atoms with Crippen molar-refractivity contribution in [3.8, 4) is 22.5 Å². The topological polar surface area (TPSA) is 188 Å². The third-order valence-electron chi connectivity index (χ3n) is 12.7. The van der Waals surface area contributed by atoms with Crippen LogP contribution in [0.25, 0.3) is 55.3 Å². The van der Waals surface area contributed by atoms with E-state index >= 15 is 0 Å². The highest BCUT2D eigenvalue weighted by Crippen LogP contribution is 2.35. The van der Waals surface area contributed by atoms with E-state index in [0.29, 0.717) is 37.8 Å². The van der Waals surface area contributed by atoms with Crippen molar-refractivity contribution >= 4 is 56.6 Å². The number of carbonyl (C=O) groups is 2. The summed E-state index contributed by atoms with van der Waals surface area (Å²) in [5, 5.41) is 13.5. The lowest BCUT2D eigenvalue weighted by Crippen LogP contribution is -2.40. The van der Waals surface area contributed by atoms with Crippen LogP contribution < -0.4 is 11.5 Å². The molecule has 0 aliphatic carbocycles. The number of hydrogen-bond donors (Lipinski definition) is 2. The number of aromatic nitrogens is 6. The summed E-state index contributed by atoms with van der Waals surface area (Å²) in [7, 11) is 1.71. The predicted molar refractivity (Wildman–Crippen MR) is 263 cm³/mol. The van der Waals surface area contributed by atoms with Crippen molar-refractivity contribution in [1.82, 2.24) is 39.3 Å². The van der Waals surface area contributed by atoms with Gasteiger partial charge in [0.05, 0.1) is 29.3 Å². The van der Waals surface area contributed by atoms with Crippen LogP contribution >= 0.6 is 0 Å². The summed E-state index contributed by atoms with van der Waals surface area (Å²) in [6.45, 7) is 14.3. The molecule has 15 nitrogen and oxygen atoms in total. The van der Waals surface area contributed by atoms with Crippen LogP contribution in [0.15, 0.2) is 95.1 Å². The van der Waals surface area contributed by atoms with Gasteiger partial charge in [0.25, 0.3) is 0 Å². The molecule has 3 aliphatic rings. The molecule has 2 aromatic carbocycles. The first-order valence-electron chi connectivity index (χ1n) is 22.9. The summed E-state index contributed by atoms with van der Waals surface area (Å²) in [6.07, 6.45) is 14.2. The number of hydrogen-bond acceptors (Lipinski definition) is 11. The third kappa shape index (κ3) is 9.52. The number of piperidine rings is 1. The molecule has 0 atom stereocenters. The Hall–Kier alpha value is -7.00. The van der Waals surface area contributed by atoms with E-state index < -0.39 is 0 Å². The Morgan fingerprint density at radius 3 is 2.33 bits per heavy atom. The maximum Gasteiger partial charge on any atom is 0.219 e. The monoisotopic (exact) mass is 888 g/mol. The molecule has 15 heteroatoms. The summed E-state index contributed by atoms with van der Waals surface area (Å²) in [4.78, 5) is 46.5. The van der Waals surface area contributed by atoms with Crippen LogP contribution in [-0.2, 0) is 33.8 Å². The minimum absolute atomic E-state index is 0.0524. The van der Waals surface area contributed by atoms with E-state index in [2.05, 4.69) is 64.8 Å². The van der Waals surface area contributed by atoms with Gasteiger partial charge in [0, 0.05) is 178 Å². The zero-order chi connectivity index (χ0) is 46.5. The van der Waals surface area contributed by atoms with Gasteiger partial charge in [0.15, 0.2) is 0 Å². The van der Waals surface area contributed by atoms with Crippen molar-refractivity contribution in [2.75, 3.05) is 39.9 Å². The quantitative estimate of drug-likeness (QED) is 0.149. The Morgan fingerprint density at radius 1 is 0.924 bits per heavy atom. The number of carbonyl (C=O) groups excluding carboxylic acids is 2. The smallest absolute Gasteiger partial charge is 0.219 e. The standard InChI is InChI=1S/C28H34N6O2.C23H26N6O/c1-18(2)34-16-21(14-31-34)27-13-20-5-4-6-23(24(20)15-30-27)28(29)25-17-33(19(3)35)10-7-26(25)32-22-8-11-36-12-9-22;1-4-29-22-8-9-28(15(2)30)14-20(22)23(27-29)18-7-5-6-16-10-21(26-13-19(16)18)17(11-24)12-25-3/h4-6,13-16,18,22H,7-12,17,29H2,1-3H3;5-7,10-13H,4,8-9,14,24H2,1-3H3/b28-25-,32-26?;17-11+,25-12?. The molecule has 6 aromatic rings. The normalized spacial score (nSPS) is 17.4. The van der Waals surface area contributed by atoms with E-state index in [1.54, 1.807) is 27.1 Å². The van der Waals surface area contributed by atoms with Crippen molar-refractivity contribution in [3.63, 3.8) is 0 Å². The number of ether oxygens (including phenoxy) is 1. The highest BCUT2D eigenvalue weighted by molar-refractivity contribution is 6.11. The van der Waals surface area contributed by atoms with Crippen LogP contribution in [0.4, 0.5) is 0 Å². The van der Waals surface area contributed by atoms with Gasteiger partial charge in [-0.3, -0.25) is 38.9 Å². The average molecular weight is 889 g/mol. The Bertz CT molecular complexity index is 2900. The lowest BCUT2D eigenvalue weighted by atomic mass is 9.93. The molecule has 0 bridgehead atoms. The summed E-state index contributed by atoms with van der Waals surface area (Å²) in [5.41, 5.74) is 23.9. The van der Waals surface area contributed by atoms with Gasteiger partial charge in [-0.25, -0.2) is 0 Å². The molecule has 3 aliphatic heterocycles. The van der Waals surface area contributed by atoms with Crippen molar-refractivity contribution in [1.29, 1.82) is 0 Å². The Balaban J connectivity index is 0.000000182. The van der Waals surface area contributed by atoms with Crippen molar-refractivity contribution < 1.29 is 14.3 Å². The van der Waals surface area contributed by atoms with Gasteiger partial charge in [-0.2, -0.15) is 10.2 Å². The summed E-state index contributed by atoms with van der Waals surface area (Å²) < 4.78 is 9.51. The number of amides is 2. The minimum Gasteiger partial charge on any atom is -0.404 e. The number of aryl methyl sites for hydroxylation is 1. The lowest BCUT2D eigenvalue weighted by molar-refractivity contribution is -0.130. The fraction of sp³-hybridized carbons (Fsp3) is 0.373. The SMILES string of the molecule is CC(=O)N1CCC(=NC2CCOCC2)/C(=C(\N)c2cccc3cc(-c4cnn(C(C)C)c4)ncc23)C1.CCn1nc(-c2cccc3cc(/C(C=NC)=C/N)ncc23)c2c1CCN(C(C)=O)C2. The fourth-order valence-corrected chi connectivity index (χ4v) is 9.03. The number of fused-ring (bicyclic) bond motifs is 3. The molecule has 9 rings (SSSR count). The molecule has 4 N–H and O–H groups in total. The second kappa shape index (κ2) is 20.0. The Kier molecular flexibility index (Phi) is 13.8. The van der Waals surface area contributed by atoms with Crippen LogP contribution in [0.2, 0.25) is 0 Å². The molecule has 0 spiro atoms. The largest absolute Gasteiger partial charge is 0.404 e. The second-order valence-electron chi connectivity index (χ2n) is 17.3. The van der Waals surface area contributed by atoms with Crippen LogP contribution in [0, 0.1) is 0 Å². The number of pyridine rings is 2. The molecule has 0 saturated carbocycles. The number of allylic oxidation sites excluding steroid dienone is 1. The molecule has 0 radical (unpaired) electrons. The van der Waals surface area contributed by atoms with E-state index in [1.807, 2.05) is 63.5 Å². The lowest BCUT2D eigenvalue weighted by Gasteiger charge is -2.31. The molecule has 0 unspecified atom stereocenters. The molecule has 4 aromatic heterocycles. The van der Waals surface area contributed by atoms with Crippen molar-refractivity contribution in [2.45, 2.75) is 85.5 Å². The van der Waals surface area contributed by atoms with Crippen molar-refractivity contribution in [2.24, 2.45) is 21.5 Å². The zero-order valence-electron chi connectivity index (χ0n) is 38.9. The van der Waals surface area contributed by atoms with Gasteiger partial charge in [-0.05, 0) is 56.5 Å². The van der Waals surface area contributed by atoms with Gasteiger partial charge in [0.1, 0.15) is 0 Å². The molecule has 66 heavy (non-hydrogen) atoms. The van der Waals surface area contributed by atoms with E-state index in [1.165, 1.54) is 11.9 Å². The Labute approximate surface area is 386 Å². The number of nitrogens with zero attached hydrogens (tertiary/aromatic N) is 10. The van der Waals surface area contributed by atoms with E-state index in [-0.39, 0.29) is 17.9 Å². The maximum absolute atomic E-state index is 12.2. The van der Waals surface area contributed by atoms with Crippen molar-refractivity contribution in [3.05, 3.63) is 108 Å². The molecular weight excluding hydrogens is 829 g/mol. The molecular formula is C51H60N12O3. The van der Waals surface area contributed by atoms with Gasteiger partial charge >= 0.3 is 0 Å². The van der Waals surface area contributed by atoms with Gasteiger partial charge in [-0.15, -0.1) is 0 Å². The Morgan fingerprint density at radius 2 is 1.64 bits per heavy atom. The number of nitrogens with two attached hydrogens (primary N) is 2. The molecule has 342 valence electrons. The number of likely N-dealkylation sites (tertiary alicyclic amines) is 1. The molecule has 7 heterocycles. The molecule has 2 saturated heterocycles. The fourth-order valence-electron chi connectivity index (χ4n) is 9.03. The molecule has 2 amide bonds. The van der Waals surface area contributed by atoms with Gasteiger partial charge in [0.2, 0.25) is 11.8 Å². The first kappa shape index (κ1) is 45.6. The minimum atomic E-state index is 0.0524. The van der Waals surface area contributed by atoms with E-state index in [0.717, 1.165) is 123 Å². The maximum atomic E-state index is 12.2. The van der Waals surface area contributed by atoms with E-state index in [9.17, 15) is 9.59 Å². The number of aliphatic imine (C=N–C) groups is 2.